The zero-order valence-electron chi connectivity index (χ0n) is 14.5. The van der Waals surface area contributed by atoms with Gasteiger partial charge < -0.3 is 19.7 Å². The van der Waals surface area contributed by atoms with Gasteiger partial charge in [-0.05, 0) is 62.3 Å². The van der Waals surface area contributed by atoms with Crippen molar-refractivity contribution in [2.45, 2.75) is 6.42 Å². The number of hydrogen-bond acceptors (Lipinski definition) is 4. The number of likely N-dealkylation sites (tertiary alicyclic amines) is 1. The molecule has 0 unspecified atom stereocenters. The van der Waals surface area contributed by atoms with Gasteiger partial charge >= 0.3 is 0 Å². The maximum Gasteiger partial charge on any atom is 0.257 e. The van der Waals surface area contributed by atoms with Gasteiger partial charge in [-0.3, -0.25) is 4.79 Å². The van der Waals surface area contributed by atoms with Crippen LogP contribution in [-0.2, 0) is 4.79 Å². The van der Waals surface area contributed by atoms with E-state index in [2.05, 4.69) is 17.3 Å². The van der Waals surface area contributed by atoms with E-state index in [1.165, 1.54) is 0 Å². The Kier molecular flexibility index (Phi) is 5.90. The fourth-order valence-electron chi connectivity index (χ4n) is 2.88. The van der Waals surface area contributed by atoms with Crippen molar-refractivity contribution in [3.8, 4) is 17.2 Å². The van der Waals surface area contributed by atoms with E-state index in [-0.39, 0.29) is 12.5 Å². The van der Waals surface area contributed by atoms with Gasteiger partial charge in [0.05, 0.1) is 0 Å². The van der Waals surface area contributed by atoms with Gasteiger partial charge in [0.15, 0.2) is 6.61 Å². The average Bonchev–Trinajstić information content (AvgIpc) is 3.06. The predicted molar refractivity (Wildman–Crippen MR) is 97.1 cm³/mol. The number of nitrogens with one attached hydrogen (secondary N) is 1. The van der Waals surface area contributed by atoms with Crippen molar-refractivity contribution in [2.75, 3.05) is 33.3 Å². The zero-order chi connectivity index (χ0) is 17.5. The van der Waals surface area contributed by atoms with Gasteiger partial charge in [0.25, 0.3) is 5.91 Å². The Bertz CT molecular complexity index is 673. The van der Waals surface area contributed by atoms with Crippen LogP contribution in [0.25, 0.3) is 0 Å². The van der Waals surface area contributed by atoms with Crippen molar-refractivity contribution in [3.05, 3.63) is 54.6 Å². The lowest BCUT2D eigenvalue weighted by atomic mass is 10.1. The normalized spacial score (nSPS) is 17.2. The third kappa shape index (κ3) is 5.50. The first kappa shape index (κ1) is 17.3. The maximum atomic E-state index is 11.9. The number of benzene rings is 2. The molecule has 1 aliphatic rings. The van der Waals surface area contributed by atoms with Gasteiger partial charge in [-0.2, -0.15) is 0 Å². The van der Waals surface area contributed by atoms with Crippen molar-refractivity contribution in [3.63, 3.8) is 0 Å². The lowest BCUT2D eigenvalue weighted by Crippen LogP contribution is -2.33. The molecule has 0 aliphatic carbocycles. The molecular formula is C20H24N2O3. The maximum absolute atomic E-state index is 11.9. The number of carbonyl (C=O) groups excluding carboxylic acids is 1. The Morgan fingerprint density at radius 3 is 2.44 bits per heavy atom. The molecule has 5 nitrogen and oxygen atoms in total. The minimum absolute atomic E-state index is 0.0292. The van der Waals surface area contributed by atoms with Crippen molar-refractivity contribution < 1.29 is 14.3 Å². The lowest BCUT2D eigenvalue weighted by Gasteiger charge is -2.12. The number of ether oxygens (including phenoxy) is 2. The van der Waals surface area contributed by atoms with Gasteiger partial charge in [-0.15, -0.1) is 0 Å². The standard InChI is InChI=1S/C20H24N2O3/c1-22-12-11-16(14-22)13-21-20(23)15-24-17-7-9-19(10-8-17)25-18-5-3-2-4-6-18/h2-10,16H,11-15H2,1H3,(H,21,23)/t16-/m1/s1. The van der Waals surface area contributed by atoms with E-state index in [0.717, 1.165) is 37.6 Å². The average molecular weight is 340 g/mol. The molecule has 1 heterocycles. The minimum Gasteiger partial charge on any atom is -0.484 e. The summed E-state index contributed by atoms with van der Waals surface area (Å²) in [5, 5.41) is 2.94. The highest BCUT2D eigenvalue weighted by Gasteiger charge is 2.19. The van der Waals surface area contributed by atoms with Crippen LogP contribution in [0.15, 0.2) is 54.6 Å². The first-order chi connectivity index (χ1) is 12.2. The topological polar surface area (TPSA) is 50.8 Å². The van der Waals surface area contributed by atoms with Crippen LogP contribution < -0.4 is 14.8 Å². The van der Waals surface area contributed by atoms with Crippen LogP contribution in [0.3, 0.4) is 0 Å². The molecule has 1 fully saturated rings. The van der Waals surface area contributed by atoms with Crippen LogP contribution >= 0.6 is 0 Å². The number of para-hydroxylation sites is 1. The van der Waals surface area contributed by atoms with E-state index in [1.807, 2.05) is 42.5 Å². The van der Waals surface area contributed by atoms with Gasteiger partial charge in [-0.1, -0.05) is 18.2 Å². The van der Waals surface area contributed by atoms with E-state index in [4.69, 9.17) is 9.47 Å². The SMILES string of the molecule is CN1CC[C@H](CNC(=O)COc2ccc(Oc3ccccc3)cc2)C1. The largest absolute Gasteiger partial charge is 0.484 e. The molecule has 0 spiro atoms. The smallest absolute Gasteiger partial charge is 0.257 e. The van der Waals surface area contributed by atoms with Crippen LogP contribution in [0.5, 0.6) is 17.2 Å². The summed E-state index contributed by atoms with van der Waals surface area (Å²) in [6.07, 6.45) is 1.14. The van der Waals surface area contributed by atoms with Gasteiger partial charge in [0.1, 0.15) is 17.2 Å². The summed E-state index contributed by atoms with van der Waals surface area (Å²) < 4.78 is 11.3. The van der Waals surface area contributed by atoms with Crippen molar-refractivity contribution in [1.82, 2.24) is 10.2 Å². The molecule has 1 amide bonds. The molecule has 2 aromatic carbocycles. The van der Waals surface area contributed by atoms with Gasteiger partial charge in [-0.25, -0.2) is 0 Å². The summed E-state index contributed by atoms with van der Waals surface area (Å²) in [5.74, 6) is 2.63. The summed E-state index contributed by atoms with van der Waals surface area (Å²) >= 11 is 0. The first-order valence-electron chi connectivity index (χ1n) is 8.60. The highest BCUT2D eigenvalue weighted by Crippen LogP contribution is 2.23. The Hall–Kier alpha value is -2.53. The van der Waals surface area contributed by atoms with Gasteiger partial charge in [0.2, 0.25) is 0 Å². The third-order valence-electron chi connectivity index (χ3n) is 4.25. The number of hydrogen-bond donors (Lipinski definition) is 1. The van der Waals surface area contributed by atoms with E-state index in [0.29, 0.717) is 11.7 Å². The second kappa shape index (κ2) is 8.53. The summed E-state index contributed by atoms with van der Waals surface area (Å²) in [6.45, 7) is 2.90. The minimum atomic E-state index is -0.0841. The fraction of sp³-hybridized carbons (Fsp3) is 0.350. The molecule has 1 N–H and O–H groups in total. The van der Waals surface area contributed by atoms with Crippen molar-refractivity contribution >= 4 is 5.91 Å². The molecule has 0 aromatic heterocycles. The molecule has 5 heteroatoms. The van der Waals surface area contributed by atoms with Crippen LogP contribution in [0, 0.1) is 5.92 Å². The summed E-state index contributed by atoms with van der Waals surface area (Å²) in [5.41, 5.74) is 0. The molecule has 0 radical (unpaired) electrons. The number of rotatable bonds is 7. The predicted octanol–water partition coefficient (Wildman–Crippen LogP) is 2.93. The second-order valence-electron chi connectivity index (χ2n) is 6.40. The monoisotopic (exact) mass is 340 g/mol. The molecule has 1 saturated heterocycles. The summed E-state index contributed by atoms with van der Waals surface area (Å²) in [7, 11) is 2.11. The fourth-order valence-corrected chi connectivity index (χ4v) is 2.88. The Morgan fingerprint density at radius 1 is 1.08 bits per heavy atom. The van der Waals surface area contributed by atoms with Crippen molar-refractivity contribution in [1.29, 1.82) is 0 Å². The number of amides is 1. The molecule has 1 aliphatic heterocycles. The highest BCUT2D eigenvalue weighted by molar-refractivity contribution is 5.77. The molecular weight excluding hydrogens is 316 g/mol. The first-order valence-corrected chi connectivity index (χ1v) is 8.60. The molecule has 2 aromatic rings. The Balaban J connectivity index is 1.40. The van der Waals surface area contributed by atoms with Crippen LogP contribution in [0.4, 0.5) is 0 Å². The van der Waals surface area contributed by atoms with Gasteiger partial charge in [0, 0.05) is 13.1 Å². The van der Waals surface area contributed by atoms with Crippen LogP contribution in [0.2, 0.25) is 0 Å². The molecule has 132 valence electrons. The second-order valence-corrected chi connectivity index (χ2v) is 6.40. The number of nitrogens with zero attached hydrogens (tertiary/aromatic N) is 1. The summed E-state index contributed by atoms with van der Waals surface area (Å²) in [6, 6.07) is 16.9. The van der Waals surface area contributed by atoms with E-state index >= 15 is 0 Å². The van der Waals surface area contributed by atoms with Crippen LogP contribution in [-0.4, -0.2) is 44.1 Å². The Labute approximate surface area is 148 Å². The third-order valence-corrected chi connectivity index (χ3v) is 4.25. The zero-order valence-corrected chi connectivity index (χ0v) is 14.5. The number of carbonyl (C=O) groups is 1. The molecule has 0 bridgehead atoms. The lowest BCUT2D eigenvalue weighted by molar-refractivity contribution is -0.123. The Morgan fingerprint density at radius 2 is 1.76 bits per heavy atom. The molecule has 0 saturated carbocycles. The highest BCUT2D eigenvalue weighted by atomic mass is 16.5. The summed E-state index contributed by atoms with van der Waals surface area (Å²) in [4.78, 5) is 14.2. The quantitative estimate of drug-likeness (QED) is 0.842. The molecule has 25 heavy (non-hydrogen) atoms. The molecule has 1 atom stereocenters. The van der Waals surface area contributed by atoms with E-state index in [1.54, 1.807) is 12.1 Å². The van der Waals surface area contributed by atoms with Crippen LogP contribution in [0.1, 0.15) is 6.42 Å². The van der Waals surface area contributed by atoms with E-state index in [9.17, 15) is 4.79 Å². The van der Waals surface area contributed by atoms with Crippen molar-refractivity contribution in [2.24, 2.45) is 5.92 Å². The van der Waals surface area contributed by atoms with E-state index < -0.39 is 0 Å². The molecule has 3 rings (SSSR count).